The van der Waals surface area contributed by atoms with Crippen LogP contribution >= 0.6 is 31.9 Å². The van der Waals surface area contributed by atoms with E-state index in [2.05, 4.69) is 66.5 Å². The summed E-state index contributed by atoms with van der Waals surface area (Å²) in [6, 6.07) is 0. The third-order valence-corrected chi connectivity index (χ3v) is 6.16. The SMILES string of the molecule is CCCCC1=C(C(C)(C)C)C(Br)C1(C)Br. The number of halogens is 2. The van der Waals surface area contributed by atoms with Crippen LogP contribution in [0.1, 0.15) is 53.9 Å². The molecular weight excluding hydrogens is 316 g/mol. The van der Waals surface area contributed by atoms with Gasteiger partial charge in [0, 0.05) is 0 Å². The molecule has 0 saturated carbocycles. The van der Waals surface area contributed by atoms with Gasteiger partial charge in [0.15, 0.2) is 0 Å². The minimum absolute atomic E-state index is 0.185. The van der Waals surface area contributed by atoms with E-state index < -0.39 is 0 Å². The molecule has 0 aromatic heterocycles. The summed E-state index contributed by atoms with van der Waals surface area (Å²) in [7, 11) is 0. The van der Waals surface area contributed by atoms with E-state index in [4.69, 9.17) is 0 Å². The van der Waals surface area contributed by atoms with E-state index >= 15 is 0 Å². The van der Waals surface area contributed by atoms with Crippen molar-refractivity contribution in [3.05, 3.63) is 11.1 Å². The van der Waals surface area contributed by atoms with Crippen LogP contribution in [0.3, 0.4) is 0 Å². The van der Waals surface area contributed by atoms with Crippen LogP contribution in [0.4, 0.5) is 0 Å². The Morgan fingerprint density at radius 1 is 1.33 bits per heavy atom. The van der Waals surface area contributed by atoms with Crippen molar-refractivity contribution in [3.8, 4) is 0 Å². The van der Waals surface area contributed by atoms with Crippen LogP contribution in [0.15, 0.2) is 11.1 Å². The molecule has 0 bridgehead atoms. The molecule has 0 N–H and O–H groups in total. The predicted molar refractivity (Wildman–Crippen MR) is 76.1 cm³/mol. The molecule has 15 heavy (non-hydrogen) atoms. The molecular formula is C13H22Br2. The molecule has 88 valence electrons. The number of allylic oxidation sites excluding steroid dienone is 2. The van der Waals surface area contributed by atoms with Crippen LogP contribution in [0, 0.1) is 5.41 Å². The van der Waals surface area contributed by atoms with Gasteiger partial charge < -0.3 is 0 Å². The largest absolute Gasteiger partial charge is 0.0823 e. The molecule has 0 heterocycles. The van der Waals surface area contributed by atoms with Gasteiger partial charge in [0.1, 0.15) is 0 Å². The summed E-state index contributed by atoms with van der Waals surface area (Å²) < 4.78 is 0.185. The Morgan fingerprint density at radius 3 is 2.27 bits per heavy atom. The Morgan fingerprint density at radius 2 is 1.87 bits per heavy atom. The molecule has 0 amide bonds. The first kappa shape index (κ1) is 13.8. The number of alkyl halides is 2. The van der Waals surface area contributed by atoms with Gasteiger partial charge in [-0.2, -0.15) is 0 Å². The van der Waals surface area contributed by atoms with Gasteiger partial charge in [-0.25, -0.2) is 0 Å². The maximum absolute atomic E-state index is 3.85. The molecule has 0 aliphatic heterocycles. The van der Waals surface area contributed by atoms with E-state index in [9.17, 15) is 0 Å². The fourth-order valence-electron chi connectivity index (χ4n) is 2.33. The van der Waals surface area contributed by atoms with Gasteiger partial charge in [-0.3, -0.25) is 0 Å². The first-order valence-corrected chi connectivity index (χ1v) is 7.50. The molecule has 2 atom stereocenters. The lowest BCUT2D eigenvalue weighted by Crippen LogP contribution is -2.47. The second kappa shape index (κ2) is 4.52. The van der Waals surface area contributed by atoms with E-state index in [1.54, 1.807) is 11.1 Å². The van der Waals surface area contributed by atoms with E-state index in [0.29, 0.717) is 10.2 Å². The lowest BCUT2D eigenvalue weighted by Gasteiger charge is -2.50. The molecule has 1 aliphatic carbocycles. The van der Waals surface area contributed by atoms with Gasteiger partial charge in [-0.05, 0) is 30.8 Å². The minimum atomic E-state index is 0.185. The first-order chi connectivity index (χ1) is 6.73. The van der Waals surface area contributed by atoms with Gasteiger partial charge in [0.2, 0.25) is 0 Å². The molecule has 0 aromatic rings. The van der Waals surface area contributed by atoms with Crippen molar-refractivity contribution in [1.29, 1.82) is 0 Å². The Labute approximate surface area is 111 Å². The number of unbranched alkanes of at least 4 members (excludes halogenated alkanes) is 1. The smallest absolute Gasteiger partial charge is 0.0603 e. The van der Waals surface area contributed by atoms with Crippen LogP contribution in [0.5, 0.6) is 0 Å². The summed E-state index contributed by atoms with van der Waals surface area (Å²) >= 11 is 7.67. The van der Waals surface area contributed by atoms with Gasteiger partial charge in [-0.15, -0.1) is 0 Å². The van der Waals surface area contributed by atoms with Crippen molar-refractivity contribution < 1.29 is 0 Å². The van der Waals surface area contributed by atoms with E-state index in [-0.39, 0.29) is 4.32 Å². The van der Waals surface area contributed by atoms with E-state index in [0.717, 1.165) is 0 Å². The highest BCUT2D eigenvalue weighted by Gasteiger charge is 2.49. The van der Waals surface area contributed by atoms with Crippen LogP contribution in [-0.4, -0.2) is 9.15 Å². The minimum Gasteiger partial charge on any atom is -0.0823 e. The summed E-state index contributed by atoms with van der Waals surface area (Å²) in [5.74, 6) is 0. The topological polar surface area (TPSA) is 0 Å². The van der Waals surface area contributed by atoms with Crippen molar-refractivity contribution in [1.82, 2.24) is 0 Å². The average Bonchev–Trinajstić information content (AvgIpc) is 2.09. The van der Waals surface area contributed by atoms with Crippen molar-refractivity contribution in [2.75, 3.05) is 0 Å². The van der Waals surface area contributed by atoms with Gasteiger partial charge >= 0.3 is 0 Å². The van der Waals surface area contributed by atoms with E-state index in [1.165, 1.54) is 19.3 Å². The summed E-state index contributed by atoms with van der Waals surface area (Å²) in [6.07, 6.45) is 3.82. The number of hydrogen-bond donors (Lipinski definition) is 0. The molecule has 2 heteroatoms. The zero-order valence-corrected chi connectivity index (χ0v) is 13.6. The highest BCUT2D eigenvalue weighted by atomic mass is 79.9. The monoisotopic (exact) mass is 336 g/mol. The maximum Gasteiger partial charge on any atom is 0.0603 e. The molecule has 2 unspecified atom stereocenters. The third kappa shape index (κ3) is 2.52. The van der Waals surface area contributed by atoms with Crippen LogP contribution < -0.4 is 0 Å². The molecule has 0 fully saturated rings. The normalized spacial score (nSPS) is 31.8. The predicted octanol–water partition coefficient (Wildman–Crippen LogP) is 5.45. The Hall–Kier alpha value is 0.700. The van der Waals surface area contributed by atoms with E-state index in [1.807, 2.05) is 0 Å². The molecule has 0 saturated heterocycles. The third-order valence-electron chi connectivity index (χ3n) is 3.23. The number of rotatable bonds is 3. The number of hydrogen-bond acceptors (Lipinski definition) is 0. The zero-order chi connectivity index (χ0) is 11.9. The molecule has 1 rings (SSSR count). The van der Waals surface area contributed by atoms with Crippen LogP contribution in [0.25, 0.3) is 0 Å². The second-order valence-corrected chi connectivity index (χ2v) is 8.25. The Balaban J connectivity index is 2.96. The van der Waals surface area contributed by atoms with Crippen molar-refractivity contribution in [2.24, 2.45) is 5.41 Å². The quantitative estimate of drug-likeness (QED) is 0.474. The highest BCUT2D eigenvalue weighted by molar-refractivity contribution is 9.12. The molecule has 0 aromatic carbocycles. The molecule has 0 spiro atoms. The molecule has 1 aliphatic rings. The molecule has 0 radical (unpaired) electrons. The summed E-state index contributed by atoms with van der Waals surface area (Å²) in [6.45, 7) is 11.5. The van der Waals surface area contributed by atoms with Gasteiger partial charge in [0.25, 0.3) is 0 Å². The van der Waals surface area contributed by atoms with Crippen LogP contribution in [-0.2, 0) is 0 Å². The maximum atomic E-state index is 3.85. The first-order valence-electron chi connectivity index (χ1n) is 5.80. The standard InChI is InChI=1S/C13H22Br2/c1-6-7-8-9-10(12(2,3)4)11(14)13(9,5)15/h11H,6-8H2,1-5H3. The lowest BCUT2D eigenvalue weighted by molar-refractivity contribution is 0.422. The fourth-order valence-corrected chi connectivity index (χ4v) is 4.21. The second-order valence-electron chi connectivity index (χ2n) is 5.68. The fraction of sp³-hybridized carbons (Fsp3) is 0.846. The molecule has 0 nitrogen and oxygen atoms in total. The van der Waals surface area contributed by atoms with Gasteiger partial charge in [0.05, 0.1) is 9.15 Å². The highest BCUT2D eigenvalue weighted by Crippen LogP contribution is 2.56. The average molecular weight is 338 g/mol. The summed E-state index contributed by atoms with van der Waals surface area (Å²) in [4.78, 5) is 0.497. The summed E-state index contributed by atoms with van der Waals surface area (Å²) in [5.41, 5.74) is 3.53. The Kier molecular flexibility index (Phi) is 4.15. The van der Waals surface area contributed by atoms with Gasteiger partial charge in [-0.1, -0.05) is 71.5 Å². The van der Waals surface area contributed by atoms with Crippen molar-refractivity contribution in [3.63, 3.8) is 0 Å². The lowest BCUT2D eigenvalue weighted by atomic mass is 9.66. The van der Waals surface area contributed by atoms with Crippen molar-refractivity contribution >= 4 is 31.9 Å². The Bertz CT molecular complexity index is 269. The van der Waals surface area contributed by atoms with Crippen LogP contribution in [0.2, 0.25) is 0 Å². The van der Waals surface area contributed by atoms with Crippen molar-refractivity contribution in [2.45, 2.75) is 63.0 Å². The zero-order valence-electron chi connectivity index (χ0n) is 10.5. The summed E-state index contributed by atoms with van der Waals surface area (Å²) in [5, 5.41) is 0.